The number of carbonyl (C=O) groups excluding carboxylic acids is 1. The van der Waals surface area contributed by atoms with Crippen molar-refractivity contribution in [3.63, 3.8) is 0 Å². The quantitative estimate of drug-likeness (QED) is 0.833. The first-order valence-corrected chi connectivity index (χ1v) is 5.51. The van der Waals surface area contributed by atoms with Gasteiger partial charge < -0.3 is 14.8 Å². The largest absolute Gasteiger partial charge is 0.485 e. The molecule has 2 heterocycles. The third kappa shape index (κ3) is 2.00. The fourth-order valence-electron chi connectivity index (χ4n) is 1.69. The van der Waals surface area contributed by atoms with Crippen molar-refractivity contribution < 1.29 is 14.3 Å². The van der Waals surface area contributed by atoms with E-state index in [-0.39, 0.29) is 12.5 Å². The number of anilines is 1. The molecule has 2 N–H and O–H groups in total. The average molecular weight is 245 g/mol. The predicted molar refractivity (Wildman–Crippen MR) is 63.6 cm³/mol. The van der Waals surface area contributed by atoms with Gasteiger partial charge in [-0.15, -0.1) is 0 Å². The number of hydrogen-bond donors (Lipinski definition) is 2. The standard InChI is InChI=1S/C12H11N3O3/c16-12(15-8-5-13-14-6-8)11-7-17-9-3-1-2-4-10(9)18-11/h1-6,11H,7H2,(H,13,14)(H,15,16). The van der Waals surface area contributed by atoms with Crippen LogP contribution in [0.4, 0.5) is 5.69 Å². The number of hydrogen-bond acceptors (Lipinski definition) is 4. The minimum absolute atomic E-state index is 0.195. The molecule has 1 atom stereocenters. The molecule has 0 spiro atoms. The van der Waals surface area contributed by atoms with E-state index in [1.54, 1.807) is 18.3 Å². The number of H-pyrrole nitrogens is 1. The van der Waals surface area contributed by atoms with E-state index in [0.29, 0.717) is 17.2 Å². The summed E-state index contributed by atoms with van der Waals surface area (Å²) in [6, 6.07) is 7.26. The van der Waals surface area contributed by atoms with Crippen molar-refractivity contribution in [3.8, 4) is 11.5 Å². The Hall–Kier alpha value is -2.50. The molecule has 0 saturated heterocycles. The van der Waals surface area contributed by atoms with Crippen molar-refractivity contribution >= 4 is 11.6 Å². The summed E-state index contributed by atoms with van der Waals surface area (Å²) in [4.78, 5) is 11.9. The van der Waals surface area contributed by atoms with E-state index in [1.165, 1.54) is 6.20 Å². The summed E-state index contributed by atoms with van der Waals surface area (Å²) in [5, 5.41) is 9.05. The van der Waals surface area contributed by atoms with Crippen molar-refractivity contribution in [2.75, 3.05) is 11.9 Å². The summed E-state index contributed by atoms with van der Waals surface area (Å²) in [5.74, 6) is 0.979. The van der Waals surface area contributed by atoms with E-state index in [0.717, 1.165) is 0 Å². The molecule has 0 radical (unpaired) electrons. The van der Waals surface area contributed by atoms with E-state index in [9.17, 15) is 4.79 Å². The number of aromatic amines is 1. The first-order chi connectivity index (χ1) is 8.83. The van der Waals surface area contributed by atoms with Crippen LogP contribution >= 0.6 is 0 Å². The maximum absolute atomic E-state index is 11.9. The Bertz CT molecular complexity index is 553. The number of rotatable bonds is 2. The Morgan fingerprint density at radius 1 is 1.39 bits per heavy atom. The average Bonchev–Trinajstić information content (AvgIpc) is 2.91. The zero-order chi connectivity index (χ0) is 12.4. The minimum Gasteiger partial charge on any atom is -0.485 e. The van der Waals surface area contributed by atoms with Gasteiger partial charge in [0, 0.05) is 6.20 Å². The van der Waals surface area contributed by atoms with Crippen LogP contribution in [0, 0.1) is 0 Å². The topological polar surface area (TPSA) is 76.2 Å². The summed E-state index contributed by atoms with van der Waals surface area (Å²) in [5.41, 5.74) is 0.599. The van der Waals surface area contributed by atoms with Crippen molar-refractivity contribution in [3.05, 3.63) is 36.7 Å². The summed E-state index contributed by atoms with van der Waals surface area (Å²) >= 11 is 0. The molecule has 0 saturated carbocycles. The van der Waals surface area contributed by atoms with Gasteiger partial charge in [-0.3, -0.25) is 9.89 Å². The monoisotopic (exact) mass is 245 g/mol. The maximum Gasteiger partial charge on any atom is 0.269 e. The third-order valence-corrected chi connectivity index (χ3v) is 2.57. The number of fused-ring (bicyclic) bond motifs is 1. The van der Waals surface area contributed by atoms with E-state index >= 15 is 0 Å². The molecule has 92 valence electrons. The van der Waals surface area contributed by atoms with Crippen molar-refractivity contribution in [2.24, 2.45) is 0 Å². The predicted octanol–water partition coefficient (Wildman–Crippen LogP) is 1.19. The van der Waals surface area contributed by atoms with Gasteiger partial charge in [-0.1, -0.05) is 12.1 Å². The van der Waals surface area contributed by atoms with Gasteiger partial charge in [-0.05, 0) is 12.1 Å². The molecule has 18 heavy (non-hydrogen) atoms. The molecule has 0 aliphatic carbocycles. The Morgan fingerprint density at radius 3 is 3.00 bits per heavy atom. The van der Waals surface area contributed by atoms with E-state index in [2.05, 4.69) is 15.5 Å². The Labute approximate surface area is 103 Å². The number of aromatic nitrogens is 2. The van der Waals surface area contributed by atoms with Crippen molar-refractivity contribution in [1.82, 2.24) is 10.2 Å². The van der Waals surface area contributed by atoms with E-state index in [1.807, 2.05) is 12.1 Å². The van der Waals surface area contributed by atoms with E-state index < -0.39 is 6.10 Å². The molecule has 3 rings (SSSR count). The van der Waals surface area contributed by atoms with Crippen molar-refractivity contribution in [1.29, 1.82) is 0 Å². The molecule has 1 aliphatic rings. The van der Waals surface area contributed by atoms with Crippen LogP contribution < -0.4 is 14.8 Å². The first-order valence-electron chi connectivity index (χ1n) is 5.51. The first kappa shape index (κ1) is 10.6. The van der Waals surface area contributed by atoms with Gasteiger partial charge in [-0.25, -0.2) is 0 Å². The second kappa shape index (κ2) is 4.40. The molecule has 6 heteroatoms. The highest BCUT2D eigenvalue weighted by atomic mass is 16.6. The summed E-state index contributed by atoms with van der Waals surface area (Å²) in [6.07, 6.45) is 2.46. The van der Waals surface area contributed by atoms with Crippen LogP contribution in [0.25, 0.3) is 0 Å². The lowest BCUT2D eigenvalue weighted by Crippen LogP contribution is -2.40. The van der Waals surface area contributed by atoms with Crippen molar-refractivity contribution in [2.45, 2.75) is 6.10 Å². The summed E-state index contributed by atoms with van der Waals surface area (Å²) in [6.45, 7) is 0.195. The third-order valence-electron chi connectivity index (χ3n) is 2.57. The lowest BCUT2D eigenvalue weighted by molar-refractivity contribution is -0.125. The van der Waals surface area contributed by atoms with Gasteiger partial charge in [0.05, 0.1) is 11.9 Å². The molecule has 1 unspecified atom stereocenters. The fourth-order valence-corrected chi connectivity index (χ4v) is 1.69. The minimum atomic E-state index is -0.658. The second-order valence-corrected chi connectivity index (χ2v) is 3.84. The maximum atomic E-state index is 11.9. The normalized spacial score (nSPS) is 17.2. The van der Waals surface area contributed by atoms with Crippen LogP contribution in [-0.2, 0) is 4.79 Å². The Morgan fingerprint density at radius 2 is 2.22 bits per heavy atom. The number of carbonyl (C=O) groups is 1. The van der Waals surface area contributed by atoms with Crippen LogP contribution in [0.2, 0.25) is 0 Å². The Kier molecular flexibility index (Phi) is 2.60. The highest BCUT2D eigenvalue weighted by Gasteiger charge is 2.27. The van der Waals surface area contributed by atoms with Gasteiger partial charge in [0.25, 0.3) is 5.91 Å². The number of ether oxygens (including phenoxy) is 2. The molecular weight excluding hydrogens is 234 g/mol. The summed E-state index contributed by atoms with van der Waals surface area (Å²) < 4.78 is 11.0. The summed E-state index contributed by atoms with van der Waals surface area (Å²) in [7, 11) is 0. The van der Waals surface area contributed by atoms with Gasteiger partial charge in [-0.2, -0.15) is 5.10 Å². The molecule has 0 bridgehead atoms. The zero-order valence-electron chi connectivity index (χ0n) is 9.42. The second-order valence-electron chi connectivity index (χ2n) is 3.84. The molecule has 1 aromatic carbocycles. The highest BCUT2D eigenvalue weighted by molar-refractivity contribution is 5.94. The molecule has 0 fully saturated rings. The van der Waals surface area contributed by atoms with Crippen LogP contribution in [0.5, 0.6) is 11.5 Å². The number of para-hydroxylation sites is 2. The van der Waals surface area contributed by atoms with Crippen LogP contribution in [0.3, 0.4) is 0 Å². The molecule has 1 aliphatic heterocycles. The zero-order valence-corrected chi connectivity index (χ0v) is 9.42. The number of nitrogens with one attached hydrogen (secondary N) is 2. The molecular formula is C12H11N3O3. The van der Waals surface area contributed by atoms with Gasteiger partial charge >= 0.3 is 0 Å². The van der Waals surface area contributed by atoms with Crippen LogP contribution in [0.15, 0.2) is 36.7 Å². The fraction of sp³-hybridized carbons (Fsp3) is 0.167. The number of benzene rings is 1. The molecule has 1 amide bonds. The van der Waals surface area contributed by atoms with Crippen LogP contribution in [0.1, 0.15) is 0 Å². The van der Waals surface area contributed by atoms with Crippen LogP contribution in [-0.4, -0.2) is 28.8 Å². The lowest BCUT2D eigenvalue weighted by Gasteiger charge is -2.25. The number of nitrogens with zero attached hydrogens (tertiary/aromatic N) is 1. The van der Waals surface area contributed by atoms with Gasteiger partial charge in [0.1, 0.15) is 6.61 Å². The van der Waals surface area contributed by atoms with E-state index in [4.69, 9.17) is 9.47 Å². The smallest absolute Gasteiger partial charge is 0.269 e. The number of amides is 1. The van der Waals surface area contributed by atoms with Gasteiger partial charge in [0.2, 0.25) is 6.10 Å². The molecule has 6 nitrogen and oxygen atoms in total. The molecule has 1 aromatic heterocycles. The Balaban J connectivity index is 1.70. The lowest BCUT2D eigenvalue weighted by atomic mass is 10.2. The molecule has 2 aromatic rings. The SMILES string of the molecule is O=C(Nc1cn[nH]c1)C1COc2ccccc2O1. The van der Waals surface area contributed by atoms with Gasteiger partial charge in [0.15, 0.2) is 11.5 Å². The highest BCUT2D eigenvalue weighted by Crippen LogP contribution is 2.31.